The summed E-state index contributed by atoms with van der Waals surface area (Å²) in [5.74, 6) is 1.10. The van der Waals surface area contributed by atoms with Crippen molar-refractivity contribution in [3.05, 3.63) is 16.8 Å². The molecule has 134 valence electrons. The Labute approximate surface area is 150 Å². The quantitative estimate of drug-likeness (QED) is 0.886. The number of carbonyl (C=O) groups excluding carboxylic acids is 1. The van der Waals surface area contributed by atoms with Crippen LogP contribution in [0.4, 0.5) is 0 Å². The van der Waals surface area contributed by atoms with Crippen molar-refractivity contribution in [3.63, 3.8) is 0 Å². The van der Waals surface area contributed by atoms with Crippen LogP contribution in [0, 0.1) is 5.92 Å². The molecule has 6 nitrogen and oxygen atoms in total. The van der Waals surface area contributed by atoms with Crippen LogP contribution in [0.5, 0.6) is 5.88 Å². The van der Waals surface area contributed by atoms with Crippen molar-refractivity contribution < 1.29 is 14.3 Å². The minimum absolute atomic E-state index is 0.0279. The van der Waals surface area contributed by atoms with Gasteiger partial charge in [-0.25, -0.2) is 9.97 Å². The largest absolute Gasteiger partial charge is 0.467 e. The van der Waals surface area contributed by atoms with E-state index in [1.165, 1.54) is 23.2 Å². The zero-order valence-electron chi connectivity index (χ0n) is 14.4. The molecule has 1 aliphatic carbocycles. The monoisotopic (exact) mass is 361 g/mol. The van der Waals surface area contributed by atoms with Crippen LogP contribution in [0.3, 0.4) is 0 Å². The molecule has 2 aliphatic rings. The number of hydrogen-bond donors (Lipinski definition) is 1. The number of carbonyl (C=O) groups is 1. The molecular weight excluding hydrogens is 338 g/mol. The van der Waals surface area contributed by atoms with Gasteiger partial charge < -0.3 is 14.8 Å². The Morgan fingerprint density at radius 3 is 3.20 bits per heavy atom. The van der Waals surface area contributed by atoms with Crippen LogP contribution < -0.4 is 10.1 Å². The van der Waals surface area contributed by atoms with Crippen LogP contribution in [0.15, 0.2) is 6.33 Å². The van der Waals surface area contributed by atoms with Gasteiger partial charge in [0.05, 0.1) is 11.5 Å². The number of ether oxygens (including phenoxy) is 2. The average Bonchev–Trinajstić information content (AvgIpc) is 3.24. The van der Waals surface area contributed by atoms with E-state index in [9.17, 15) is 4.79 Å². The number of nitrogens with one attached hydrogen (secondary N) is 1. The number of aromatic nitrogens is 2. The highest BCUT2D eigenvalue weighted by molar-refractivity contribution is 7.18. The van der Waals surface area contributed by atoms with Gasteiger partial charge in [-0.05, 0) is 43.6 Å². The lowest BCUT2D eigenvalue weighted by Crippen LogP contribution is -2.35. The third kappa shape index (κ3) is 3.62. The Kier molecular flexibility index (Phi) is 4.85. The molecule has 1 N–H and O–H groups in total. The third-order valence-corrected chi connectivity index (χ3v) is 6.11. The van der Waals surface area contributed by atoms with Gasteiger partial charge in [-0.2, -0.15) is 0 Å². The van der Waals surface area contributed by atoms with Gasteiger partial charge in [-0.3, -0.25) is 4.79 Å². The van der Waals surface area contributed by atoms with Gasteiger partial charge in [0.25, 0.3) is 5.91 Å². The van der Waals surface area contributed by atoms with Crippen LogP contribution in [0.25, 0.3) is 10.2 Å². The van der Waals surface area contributed by atoms with Crippen molar-refractivity contribution in [3.8, 4) is 5.88 Å². The lowest BCUT2D eigenvalue weighted by atomic mass is 9.89. The molecule has 2 aromatic rings. The Balaban J connectivity index is 1.43. The summed E-state index contributed by atoms with van der Waals surface area (Å²) in [6.45, 7) is 3.60. The van der Waals surface area contributed by atoms with Crippen molar-refractivity contribution in [2.45, 2.75) is 45.1 Å². The summed E-state index contributed by atoms with van der Waals surface area (Å²) in [7, 11) is 0. The first kappa shape index (κ1) is 16.7. The van der Waals surface area contributed by atoms with Gasteiger partial charge in [0.1, 0.15) is 11.2 Å². The maximum atomic E-state index is 12.0. The predicted molar refractivity (Wildman–Crippen MR) is 96.1 cm³/mol. The number of amides is 1. The molecule has 0 unspecified atom stereocenters. The molecule has 0 radical (unpaired) electrons. The summed E-state index contributed by atoms with van der Waals surface area (Å²) in [6.07, 6.45) is 7.04. The minimum atomic E-state index is -0.139. The van der Waals surface area contributed by atoms with Crippen molar-refractivity contribution in [1.82, 2.24) is 15.3 Å². The van der Waals surface area contributed by atoms with Crippen LogP contribution in [0.2, 0.25) is 0 Å². The van der Waals surface area contributed by atoms with Crippen molar-refractivity contribution in [2.75, 3.05) is 19.8 Å². The van der Waals surface area contributed by atoms with E-state index in [1.807, 2.05) is 0 Å². The molecule has 0 bridgehead atoms. The van der Waals surface area contributed by atoms with Gasteiger partial charge in [0.15, 0.2) is 6.61 Å². The molecule has 1 aliphatic heterocycles. The number of fused-ring (bicyclic) bond motifs is 3. The summed E-state index contributed by atoms with van der Waals surface area (Å²) < 4.78 is 11.3. The molecule has 4 rings (SSSR count). The predicted octanol–water partition coefficient (Wildman–Crippen LogP) is 2.49. The van der Waals surface area contributed by atoms with Gasteiger partial charge >= 0.3 is 0 Å². The van der Waals surface area contributed by atoms with Crippen LogP contribution in [-0.4, -0.2) is 41.7 Å². The summed E-state index contributed by atoms with van der Waals surface area (Å²) in [5, 5.41) is 3.88. The van der Waals surface area contributed by atoms with Gasteiger partial charge in [0, 0.05) is 18.0 Å². The number of thiophene rings is 1. The number of aryl methyl sites for hydroxylation is 1. The normalized spacial score (nSPS) is 22.8. The number of nitrogens with zero attached hydrogens (tertiary/aromatic N) is 2. The molecule has 0 spiro atoms. The Bertz CT molecular complexity index is 770. The standard InChI is InChI=1S/C18H23N3O3S/c1-11-4-5-13-14(7-11)25-18-16(13)17(20-10-21-18)24-9-15(22)19-8-12-3-2-6-23-12/h10-12H,2-9H2,1H3,(H,19,22)/t11-,12-/m0/s1. The molecule has 0 aromatic carbocycles. The van der Waals surface area contributed by atoms with Crippen LogP contribution in [0.1, 0.15) is 36.6 Å². The van der Waals surface area contributed by atoms with Gasteiger partial charge in [-0.1, -0.05) is 6.92 Å². The fourth-order valence-corrected chi connectivity index (χ4v) is 4.91. The Hall–Kier alpha value is -1.73. The summed E-state index contributed by atoms with van der Waals surface area (Å²) in [6, 6.07) is 0. The second-order valence-corrected chi connectivity index (χ2v) is 8.02. The first-order chi connectivity index (χ1) is 12.2. The maximum Gasteiger partial charge on any atom is 0.258 e. The molecule has 7 heteroatoms. The first-order valence-electron chi connectivity index (χ1n) is 8.97. The maximum absolute atomic E-state index is 12.0. The highest BCUT2D eigenvalue weighted by Gasteiger charge is 2.24. The van der Waals surface area contributed by atoms with E-state index in [1.54, 1.807) is 11.3 Å². The van der Waals surface area contributed by atoms with Gasteiger partial charge in [0.2, 0.25) is 5.88 Å². The van der Waals surface area contributed by atoms with E-state index in [4.69, 9.17) is 9.47 Å². The van der Waals surface area contributed by atoms with Gasteiger partial charge in [-0.15, -0.1) is 11.3 Å². The molecule has 0 saturated carbocycles. The number of rotatable bonds is 5. The van der Waals surface area contributed by atoms with Crippen molar-refractivity contribution >= 4 is 27.5 Å². The molecule has 1 fully saturated rings. The van der Waals surface area contributed by atoms with Crippen LogP contribution in [-0.2, 0) is 22.4 Å². The zero-order valence-corrected chi connectivity index (χ0v) is 15.2. The fourth-order valence-electron chi connectivity index (χ4n) is 3.57. The summed E-state index contributed by atoms with van der Waals surface area (Å²) >= 11 is 1.73. The average molecular weight is 361 g/mol. The second kappa shape index (κ2) is 7.25. The Morgan fingerprint density at radius 2 is 2.36 bits per heavy atom. The van der Waals surface area contributed by atoms with Crippen LogP contribution >= 0.6 is 11.3 Å². The smallest absolute Gasteiger partial charge is 0.258 e. The fraction of sp³-hybridized carbons (Fsp3) is 0.611. The molecule has 25 heavy (non-hydrogen) atoms. The topological polar surface area (TPSA) is 73.3 Å². The molecule has 3 heterocycles. The molecule has 1 saturated heterocycles. The van der Waals surface area contributed by atoms with E-state index in [0.717, 1.165) is 42.5 Å². The zero-order chi connectivity index (χ0) is 17.2. The molecule has 2 atom stereocenters. The van der Waals surface area contributed by atoms with E-state index in [2.05, 4.69) is 22.2 Å². The Morgan fingerprint density at radius 1 is 1.44 bits per heavy atom. The minimum Gasteiger partial charge on any atom is -0.467 e. The lowest BCUT2D eigenvalue weighted by molar-refractivity contribution is -0.123. The number of hydrogen-bond acceptors (Lipinski definition) is 6. The molecule has 2 aromatic heterocycles. The molecule has 1 amide bonds. The SMILES string of the molecule is C[C@H]1CCc2c(sc3ncnc(OCC(=O)NC[C@@H]4CCCO4)c23)C1. The highest BCUT2D eigenvalue weighted by atomic mass is 32.1. The highest BCUT2D eigenvalue weighted by Crippen LogP contribution is 2.40. The summed E-state index contributed by atoms with van der Waals surface area (Å²) in [5.41, 5.74) is 1.31. The molecular formula is C18H23N3O3S. The van der Waals surface area contributed by atoms with E-state index in [0.29, 0.717) is 18.3 Å². The van der Waals surface area contributed by atoms with Crippen molar-refractivity contribution in [2.24, 2.45) is 5.92 Å². The van der Waals surface area contributed by atoms with E-state index in [-0.39, 0.29) is 18.6 Å². The van der Waals surface area contributed by atoms with Crippen molar-refractivity contribution in [1.29, 1.82) is 0 Å². The second-order valence-electron chi connectivity index (χ2n) is 6.94. The first-order valence-corrected chi connectivity index (χ1v) is 9.78. The van der Waals surface area contributed by atoms with E-state index >= 15 is 0 Å². The van der Waals surface area contributed by atoms with E-state index < -0.39 is 0 Å². The summed E-state index contributed by atoms with van der Waals surface area (Å²) in [4.78, 5) is 23.1. The third-order valence-electron chi connectivity index (χ3n) is 4.95. The lowest BCUT2D eigenvalue weighted by Gasteiger charge is -2.18.